The highest BCUT2D eigenvalue weighted by Gasteiger charge is 2.15. The van der Waals surface area contributed by atoms with Crippen LogP contribution in [0.15, 0.2) is 12.3 Å². The summed E-state index contributed by atoms with van der Waals surface area (Å²) in [6.07, 6.45) is 1.97. The summed E-state index contributed by atoms with van der Waals surface area (Å²) in [6.45, 7) is 6.49. The highest BCUT2D eigenvalue weighted by Crippen LogP contribution is 2.18. The Morgan fingerprint density at radius 3 is 2.20 bits per heavy atom. The van der Waals surface area contributed by atoms with Gasteiger partial charge in [0.1, 0.15) is 0 Å². The van der Waals surface area contributed by atoms with Gasteiger partial charge in [0.2, 0.25) is 0 Å². The zero-order valence-corrected chi connectivity index (χ0v) is 7.05. The fraction of sp³-hybridized carbons (Fsp3) is 0.625. The molecular weight excluding hydrogens is 124 g/mol. The van der Waals surface area contributed by atoms with E-state index in [1.165, 1.54) is 0 Å². The molecule has 0 saturated heterocycles. The number of rotatable bonds is 0. The van der Waals surface area contributed by atoms with E-state index in [0.29, 0.717) is 0 Å². The van der Waals surface area contributed by atoms with E-state index in [9.17, 15) is 0 Å². The fourth-order valence-electron chi connectivity index (χ4n) is 0.815. The van der Waals surface area contributed by atoms with Crippen molar-refractivity contribution in [1.82, 2.24) is 9.78 Å². The van der Waals surface area contributed by atoms with Crippen LogP contribution in [-0.2, 0) is 12.5 Å². The van der Waals surface area contributed by atoms with Gasteiger partial charge < -0.3 is 0 Å². The smallest absolute Gasteiger partial charge is 0.0677 e. The molecule has 0 unspecified atom stereocenters. The van der Waals surface area contributed by atoms with E-state index in [1.807, 2.05) is 17.9 Å². The van der Waals surface area contributed by atoms with Gasteiger partial charge in [-0.1, -0.05) is 20.8 Å². The molecule has 1 rings (SSSR count). The third-order valence-corrected chi connectivity index (χ3v) is 1.48. The first-order valence-corrected chi connectivity index (χ1v) is 3.50. The minimum absolute atomic E-state index is 0.182. The molecule has 0 saturated carbocycles. The molecule has 0 fully saturated rings. The largest absolute Gasteiger partial charge is 0.276 e. The lowest BCUT2D eigenvalue weighted by Crippen LogP contribution is -2.12. The van der Waals surface area contributed by atoms with Gasteiger partial charge in [0.05, 0.1) is 5.69 Å². The number of aromatic nitrogens is 2. The topological polar surface area (TPSA) is 17.8 Å². The monoisotopic (exact) mass is 138 g/mol. The first-order chi connectivity index (χ1) is 4.50. The van der Waals surface area contributed by atoms with Crippen LogP contribution < -0.4 is 0 Å². The molecule has 0 N–H and O–H groups in total. The van der Waals surface area contributed by atoms with Crippen molar-refractivity contribution in [2.45, 2.75) is 26.2 Å². The van der Waals surface area contributed by atoms with Crippen molar-refractivity contribution in [3.63, 3.8) is 0 Å². The summed E-state index contributed by atoms with van der Waals surface area (Å²) in [5.41, 5.74) is 1.33. The molecule has 2 heteroatoms. The van der Waals surface area contributed by atoms with Crippen molar-refractivity contribution < 1.29 is 0 Å². The van der Waals surface area contributed by atoms with Crippen molar-refractivity contribution in [2.75, 3.05) is 0 Å². The first-order valence-electron chi connectivity index (χ1n) is 3.50. The molecule has 0 radical (unpaired) electrons. The number of hydrogen-bond acceptors (Lipinski definition) is 1. The molecule has 0 aromatic carbocycles. The van der Waals surface area contributed by atoms with E-state index in [1.54, 1.807) is 0 Å². The van der Waals surface area contributed by atoms with Crippen LogP contribution in [0.3, 0.4) is 0 Å². The summed E-state index contributed by atoms with van der Waals surface area (Å²) in [4.78, 5) is 0. The van der Waals surface area contributed by atoms with Gasteiger partial charge in [-0.25, -0.2) is 0 Å². The van der Waals surface area contributed by atoms with Crippen molar-refractivity contribution >= 4 is 0 Å². The minimum Gasteiger partial charge on any atom is -0.276 e. The Morgan fingerprint density at radius 1 is 1.40 bits per heavy atom. The fourth-order valence-corrected chi connectivity index (χ4v) is 0.815. The van der Waals surface area contributed by atoms with E-state index < -0.39 is 0 Å². The zero-order chi connectivity index (χ0) is 7.78. The van der Waals surface area contributed by atoms with Crippen LogP contribution in [0.5, 0.6) is 0 Å². The van der Waals surface area contributed by atoms with Gasteiger partial charge in [-0.05, 0) is 6.07 Å². The molecule has 2 nitrogen and oxygen atoms in total. The Labute approximate surface area is 61.9 Å². The van der Waals surface area contributed by atoms with E-state index in [2.05, 4.69) is 31.9 Å². The van der Waals surface area contributed by atoms with Crippen LogP contribution >= 0.6 is 0 Å². The van der Waals surface area contributed by atoms with Gasteiger partial charge in [-0.15, -0.1) is 0 Å². The molecule has 0 aliphatic heterocycles. The van der Waals surface area contributed by atoms with Crippen LogP contribution in [0, 0.1) is 0 Å². The van der Waals surface area contributed by atoms with E-state index in [-0.39, 0.29) is 5.41 Å². The first kappa shape index (κ1) is 7.32. The lowest BCUT2D eigenvalue weighted by molar-refractivity contribution is 0.553. The second kappa shape index (κ2) is 2.11. The van der Waals surface area contributed by atoms with Crippen molar-refractivity contribution in [2.24, 2.45) is 7.05 Å². The SMILES string of the molecule is Cn1ccc(C(C)(C)C)n1. The summed E-state index contributed by atoms with van der Waals surface area (Å²) in [6, 6.07) is 2.06. The average Bonchev–Trinajstić information content (AvgIpc) is 2.11. The quantitative estimate of drug-likeness (QED) is 0.533. The van der Waals surface area contributed by atoms with Crippen LogP contribution in [0.1, 0.15) is 26.5 Å². The Balaban J connectivity index is 2.96. The second-order valence-corrected chi connectivity index (χ2v) is 3.62. The predicted molar refractivity (Wildman–Crippen MR) is 41.9 cm³/mol. The van der Waals surface area contributed by atoms with Crippen molar-refractivity contribution in [3.05, 3.63) is 18.0 Å². The Morgan fingerprint density at radius 2 is 2.00 bits per heavy atom. The molecular formula is C8H14N2. The molecule has 1 aromatic rings. The molecule has 0 aliphatic rings. The highest BCUT2D eigenvalue weighted by atomic mass is 15.2. The normalized spacial score (nSPS) is 12.0. The summed E-state index contributed by atoms with van der Waals surface area (Å²) >= 11 is 0. The summed E-state index contributed by atoms with van der Waals surface area (Å²) in [5.74, 6) is 0. The van der Waals surface area contributed by atoms with Gasteiger partial charge in [0, 0.05) is 18.7 Å². The van der Waals surface area contributed by atoms with Crippen LogP contribution in [-0.4, -0.2) is 9.78 Å². The van der Waals surface area contributed by atoms with Crippen LogP contribution in [0.4, 0.5) is 0 Å². The Bertz CT molecular complexity index is 217. The van der Waals surface area contributed by atoms with Crippen molar-refractivity contribution in [3.8, 4) is 0 Å². The Hall–Kier alpha value is -0.790. The molecule has 0 bridgehead atoms. The average molecular weight is 138 g/mol. The zero-order valence-electron chi connectivity index (χ0n) is 7.05. The minimum atomic E-state index is 0.182. The molecule has 1 heterocycles. The number of nitrogens with zero attached hydrogens (tertiary/aromatic N) is 2. The van der Waals surface area contributed by atoms with E-state index in [0.717, 1.165) is 5.69 Å². The molecule has 0 amide bonds. The van der Waals surface area contributed by atoms with Crippen molar-refractivity contribution in [1.29, 1.82) is 0 Å². The molecule has 0 aliphatic carbocycles. The Kier molecular flexibility index (Phi) is 1.55. The standard InChI is InChI=1S/C8H14N2/c1-8(2,3)7-5-6-10(4)9-7/h5-6H,1-4H3. The molecule has 10 heavy (non-hydrogen) atoms. The van der Waals surface area contributed by atoms with Crippen LogP contribution in [0.2, 0.25) is 0 Å². The van der Waals surface area contributed by atoms with E-state index in [4.69, 9.17) is 0 Å². The highest BCUT2D eigenvalue weighted by molar-refractivity contribution is 5.09. The third-order valence-electron chi connectivity index (χ3n) is 1.48. The maximum absolute atomic E-state index is 4.30. The molecule has 1 aromatic heterocycles. The lowest BCUT2D eigenvalue weighted by atomic mass is 9.93. The summed E-state index contributed by atoms with van der Waals surface area (Å²) in [7, 11) is 1.94. The lowest BCUT2D eigenvalue weighted by Gasteiger charge is -2.13. The van der Waals surface area contributed by atoms with Gasteiger partial charge >= 0.3 is 0 Å². The predicted octanol–water partition coefficient (Wildman–Crippen LogP) is 1.72. The van der Waals surface area contributed by atoms with Gasteiger partial charge in [-0.2, -0.15) is 5.10 Å². The van der Waals surface area contributed by atoms with Gasteiger partial charge in [-0.3, -0.25) is 4.68 Å². The third kappa shape index (κ3) is 1.38. The molecule has 0 spiro atoms. The maximum Gasteiger partial charge on any atom is 0.0677 e. The van der Waals surface area contributed by atoms with Crippen LogP contribution in [0.25, 0.3) is 0 Å². The maximum atomic E-state index is 4.30. The number of aryl methyl sites for hydroxylation is 1. The second-order valence-electron chi connectivity index (χ2n) is 3.62. The summed E-state index contributed by atoms with van der Waals surface area (Å²) < 4.78 is 1.83. The number of hydrogen-bond donors (Lipinski definition) is 0. The molecule has 56 valence electrons. The molecule has 0 atom stereocenters. The van der Waals surface area contributed by atoms with E-state index >= 15 is 0 Å². The van der Waals surface area contributed by atoms with Gasteiger partial charge in [0.15, 0.2) is 0 Å². The van der Waals surface area contributed by atoms with Gasteiger partial charge in [0.25, 0.3) is 0 Å². The summed E-state index contributed by atoms with van der Waals surface area (Å²) in [5, 5.41) is 4.30.